The number of rotatable bonds is 2. The first kappa shape index (κ1) is 11.7. The normalized spacial score (nSPS) is 37.1. The van der Waals surface area contributed by atoms with E-state index in [2.05, 4.69) is 15.8 Å². The Morgan fingerprint density at radius 3 is 2.65 bits per heavy atom. The summed E-state index contributed by atoms with van der Waals surface area (Å²) in [5.74, 6) is 1.83. The van der Waals surface area contributed by atoms with Crippen molar-refractivity contribution in [2.24, 2.45) is 11.8 Å². The molecule has 0 unspecified atom stereocenters. The van der Waals surface area contributed by atoms with Crippen molar-refractivity contribution < 1.29 is 4.74 Å². The summed E-state index contributed by atoms with van der Waals surface area (Å²) in [4.78, 5) is 0. The Labute approximate surface area is 108 Å². The topological polar surface area (TPSA) is 36.5 Å². The van der Waals surface area contributed by atoms with Gasteiger partial charge in [0, 0.05) is 19.1 Å². The fraction of sp³-hybridized carbons (Fsp3) is 0.917. The van der Waals surface area contributed by atoms with E-state index in [9.17, 15) is 0 Å². The quantitative estimate of drug-likeness (QED) is 0.717. The Bertz CT molecular complexity index is 293. The van der Waals surface area contributed by atoms with Gasteiger partial charge in [0.1, 0.15) is 0 Å². The first-order valence-corrected chi connectivity index (χ1v) is 7.12. The van der Waals surface area contributed by atoms with E-state index in [1.807, 2.05) is 0 Å². The average molecular weight is 255 g/mol. The second-order valence-electron chi connectivity index (χ2n) is 5.47. The fourth-order valence-electron chi connectivity index (χ4n) is 3.44. The minimum absolute atomic E-state index is 0.620. The van der Waals surface area contributed by atoms with E-state index < -0.39 is 0 Å². The SMILES string of the molecule is S=C(N[C@H]1C[C@H]2CC[C@H]1C2)NN1CCOCC1. The first-order valence-electron chi connectivity index (χ1n) is 6.71. The molecule has 0 amide bonds. The van der Waals surface area contributed by atoms with Crippen molar-refractivity contribution in [3.05, 3.63) is 0 Å². The van der Waals surface area contributed by atoms with Crippen LogP contribution in [-0.4, -0.2) is 42.5 Å². The highest BCUT2D eigenvalue weighted by molar-refractivity contribution is 7.80. The van der Waals surface area contributed by atoms with Crippen molar-refractivity contribution in [3.63, 3.8) is 0 Å². The molecule has 0 aromatic carbocycles. The van der Waals surface area contributed by atoms with E-state index in [-0.39, 0.29) is 0 Å². The summed E-state index contributed by atoms with van der Waals surface area (Å²) in [6, 6.07) is 0.620. The molecule has 2 N–H and O–H groups in total. The van der Waals surface area contributed by atoms with Crippen LogP contribution in [-0.2, 0) is 4.74 Å². The third kappa shape index (κ3) is 2.72. The lowest BCUT2D eigenvalue weighted by Gasteiger charge is -2.30. The largest absolute Gasteiger partial charge is 0.379 e. The van der Waals surface area contributed by atoms with Crippen LogP contribution in [0.2, 0.25) is 0 Å². The third-order valence-electron chi connectivity index (χ3n) is 4.33. The lowest BCUT2D eigenvalue weighted by molar-refractivity contribution is 0.0245. The van der Waals surface area contributed by atoms with Crippen molar-refractivity contribution in [3.8, 4) is 0 Å². The molecule has 0 radical (unpaired) electrons. The molecule has 3 rings (SSSR count). The van der Waals surface area contributed by atoms with E-state index in [0.29, 0.717) is 6.04 Å². The third-order valence-corrected chi connectivity index (χ3v) is 4.53. The molecule has 2 saturated carbocycles. The maximum atomic E-state index is 5.38. The number of hydrazine groups is 1. The highest BCUT2D eigenvalue weighted by atomic mass is 32.1. The van der Waals surface area contributed by atoms with Crippen molar-refractivity contribution in [2.45, 2.75) is 31.7 Å². The Kier molecular flexibility index (Phi) is 3.49. The number of thiocarbonyl (C=S) groups is 1. The molecule has 96 valence electrons. The van der Waals surface area contributed by atoms with Gasteiger partial charge in [-0.2, -0.15) is 0 Å². The summed E-state index contributed by atoms with van der Waals surface area (Å²) < 4.78 is 5.31. The van der Waals surface area contributed by atoms with E-state index in [0.717, 1.165) is 43.3 Å². The van der Waals surface area contributed by atoms with Gasteiger partial charge in [0.25, 0.3) is 0 Å². The Morgan fingerprint density at radius 1 is 1.18 bits per heavy atom. The molecule has 0 aromatic heterocycles. The van der Waals surface area contributed by atoms with Crippen molar-refractivity contribution >= 4 is 17.3 Å². The number of hydrogen-bond donors (Lipinski definition) is 2. The molecule has 0 aromatic rings. The van der Waals surface area contributed by atoms with Crippen LogP contribution in [0.1, 0.15) is 25.7 Å². The van der Waals surface area contributed by atoms with Crippen LogP contribution in [0.5, 0.6) is 0 Å². The van der Waals surface area contributed by atoms with E-state index in [4.69, 9.17) is 17.0 Å². The van der Waals surface area contributed by atoms with E-state index in [1.54, 1.807) is 0 Å². The van der Waals surface area contributed by atoms with Gasteiger partial charge in [-0.25, -0.2) is 5.01 Å². The van der Waals surface area contributed by atoms with Gasteiger partial charge < -0.3 is 10.1 Å². The monoisotopic (exact) mass is 255 g/mol. The van der Waals surface area contributed by atoms with Crippen molar-refractivity contribution in [1.29, 1.82) is 0 Å². The average Bonchev–Trinajstić information content (AvgIpc) is 2.92. The van der Waals surface area contributed by atoms with E-state index >= 15 is 0 Å². The number of morpholine rings is 1. The molecular formula is C12H21N3OS. The van der Waals surface area contributed by atoms with Crippen LogP contribution in [0.4, 0.5) is 0 Å². The van der Waals surface area contributed by atoms with Gasteiger partial charge in [0.2, 0.25) is 0 Å². The lowest BCUT2D eigenvalue weighted by atomic mass is 9.96. The Morgan fingerprint density at radius 2 is 2.00 bits per heavy atom. The molecule has 1 saturated heterocycles. The van der Waals surface area contributed by atoms with Crippen LogP contribution >= 0.6 is 12.2 Å². The summed E-state index contributed by atoms with van der Waals surface area (Å²) in [6.45, 7) is 3.42. The molecule has 3 aliphatic rings. The van der Waals surface area contributed by atoms with Gasteiger partial charge >= 0.3 is 0 Å². The smallest absolute Gasteiger partial charge is 0.181 e. The number of nitrogens with zero attached hydrogens (tertiary/aromatic N) is 1. The minimum atomic E-state index is 0.620. The van der Waals surface area contributed by atoms with Gasteiger partial charge in [-0.05, 0) is 43.3 Å². The molecule has 4 nitrogen and oxygen atoms in total. The number of fused-ring (bicyclic) bond motifs is 2. The molecule has 0 spiro atoms. The molecule has 3 fully saturated rings. The lowest BCUT2D eigenvalue weighted by Crippen LogP contribution is -2.54. The summed E-state index contributed by atoms with van der Waals surface area (Å²) in [7, 11) is 0. The fourth-order valence-corrected chi connectivity index (χ4v) is 3.72. The van der Waals surface area contributed by atoms with Crippen LogP contribution in [0, 0.1) is 11.8 Å². The molecule has 3 atom stereocenters. The molecule has 2 aliphatic carbocycles. The summed E-state index contributed by atoms with van der Waals surface area (Å²) >= 11 is 5.38. The first-order chi connectivity index (χ1) is 8.31. The van der Waals surface area contributed by atoms with Crippen molar-refractivity contribution in [1.82, 2.24) is 15.8 Å². The maximum absolute atomic E-state index is 5.38. The number of nitrogens with one attached hydrogen (secondary N) is 2. The van der Waals surface area contributed by atoms with Gasteiger partial charge in [-0.3, -0.25) is 5.43 Å². The summed E-state index contributed by atoms with van der Waals surface area (Å²) in [5, 5.41) is 6.44. The standard InChI is InChI=1S/C12H21N3OS/c17-12(14-15-3-5-16-6-4-15)13-11-8-9-1-2-10(11)7-9/h9-11H,1-8H2,(H2,13,14,17)/t9-,10-,11-/m0/s1. The van der Waals surface area contributed by atoms with Crippen LogP contribution < -0.4 is 10.7 Å². The highest BCUT2D eigenvalue weighted by Gasteiger charge is 2.39. The van der Waals surface area contributed by atoms with Gasteiger partial charge in [0.15, 0.2) is 5.11 Å². The molecule has 1 heterocycles. The van der Waals surface area contributed by atoms with Crippen molar-refractivity contribution in [2.75, 3.05) is 26.3 Å². The number of ether oxygens (including phenoxy) is 1. The molecule has 1 aliphatic heterocycles. The van der Waals surface area contributed by atoms with E-state index in [1.165, 1.54) is 25.7 Å². The van der Waals surface area contributed by atoms with Crippen LogP contribution in [0.25, 0.3) is 0 Å². The predicted molar refractivity (Wildman–Crippen MR) is 70.5 cm³/mol. The number of hydrogen-bond acceptors (Lipinski definition) is 3. The zero-order valence-electron chi connectivity index (χ0n) is 10.2. The van der Waals surface area contributed by atoms with Gasteiger partial charge in [0.05, 0.1) is 13.2 Å². The molecule has 2 bridgehead atoms. The highest BCUT2D eigenvalue weighted by Crippen LogP contribution is 2.44. The van der Waals surface area contributed by atoms with Crippen LogP contribution in [0.15, 0.2) is 0 Å². The summed E-state index contributed by atoms with van der Waals surface area (Å²) in [5.41, 5.74) is 3.28. The van der Waals surface area contributed by atoms with Crippen LogP contribution in [0.3, 0.4) is 0 Å². The zero-order valence-corrected chi connectivity index (χ0v) is 11.0. The second kappa shape index (κ2) is 5.08. The van der Waals surface area contributed by atoms with Gasteiger partial charge in [-0.1, -0.05) is 6.42 Å². The predicted octanol–water partition coefficient (Wildman–Crippen LogP) is 0.886. The molecule has 17 heavy (non-hydrogen) atoms. The minimum Gasteiger partial charge on any atom is -0.379 e. The van der Waals surface area contributed by atoms with Gasteiger partial charge in [-0.15, -0.1) is 0 Å². The molecule has 5 heteroatoms. The Balaban J connectivity index is 1.44. The Hall–Kier alpha value is -0.390. The zero-order chi connectivity index (χ0) is 11.7. The summed E-state index contributed by atoms with van der Waals surface area (Å²) in [6.07, 6.45) is 5.56. The molecular weight excluding hydrogens is 234 g/mol. The maximum Gasteiger partial charge on any atom is 0.181 e. The second-order valence-corrected chi connectivity index (χ2v) is 5.87.